The molecule has 2 unspecified atom stereocenters. The van der Waals surface area contributed by atoms with E-state index in [1.807, 2.05) is 48.5 Å². The first-order chi connectivity index (χ1) is 19.0. The third-order valence-corrected chi connectivity index (χ3v) is 7.74. The first-order valence-corrected chi connectivity index (χ1v) is 14.0. The van der Waals surface area contributed by atoms with Crippen molar-refractivity contribution in [1.29, 1.82) is 0 Å². The van der Waals surface area contributed by atoms with Gasteiger partial charge in [-0.25, -0.2) is 9.78 Å². The molecule has 2 aromatic carbocycles. The average Bonchev–Trinajstić information content (AvgIpc) is 3.66. The van der Waals surface area contributed by atoms with Gasteiger partial charge in [0.2, 0.25) is 5.88 Å². The lowest BCUT2D eigenvalue weighted by atomic mass is 10.2. The molecule has 8 nitrogen and oxygen atoms in total. The summed E-state index contributed by atoms with van der Waals surface area (Å²) in [5.41, 5.74) is 2.52. The van der Waals surface area contributed by atoms with Crippen LogP contribution < -0.4 is 25.0 Å². The molecular weight excluding hydrogens is 490 g/mol. The summed E-state index contributed by atoms with van der Waals surface area (Å²) in [5.74, 6) is 1.51. The van der Waals surface area contributed by atoms with E-state index in [1.165, 1.54) is 12.8 Å². The summed E-state index contributed by atoms with van der Waals surface area (Å²) in [6, 6.07) is 22.1. The number of anilines is 3. The molecular formula is C31H41N5O3. The van der Waals surface area contributed by atoms with Gasteiger partial charge in [-0.3, -0.25) is 4.90 Å². The molecule has 1 saturated heterocycles. The van der Waals surface area contributed by atoms with Crippen LogP contribution in [0.2, 0.25) is 0 Å². The molecule has 39 heavy (non-hydrogen) atoms. The summed E-state index contributed by atoms with van der Waals surface area (Å²) in [6.07, 6.45) is 7.59. The van der Waals surface area contributed by atoms with E-state index >= 15 is 0 Å². The van der Waals surface area contributed by atoms with Crippen LogP contribution in [0.4, 0.5) is 21.9 Å². The summed E-state index contributed by atoms with van der Waals surface area (Å²) in [4.78, 5) is 21.7. The normalized spacial score (nSPS) is 18.2. The van der Waals surface area contributed by atoms with E-state index in [-0.39, 0.29) is 13.6 Å². The quantitative estimate of drug-likeness (QED) is 0.321. The number of carbonyl (C=O) groups is 1. The summed E-state index contributed by atoms with van der Waals surface area (Å²) < 4.78 is 11.9. The molecule has 208 valence electrons. The summed E-state index contributed by atoms with van der Waals surface area (Å²) in [7, 11) is 2.19. The minimum absolute atomic E-state index is 0. The number of para-hydroxylation sites is 1. The van der Waals surface area contributed by atoms with E-state index in [0.717, 1.165) is 49.5 Å². The highest BCUT2D eigenvalue weighted by Gasteiger charge is 2.28. The zero-order valence-electron chi connectivity index (χ0n) is 22.9. The smallest absolute Gasteiger partial charge is 0.323 e. The largest absolute Gasteiger partial charge is 0.492 e. The van der Waals surface area contributed by atoms with Crippen molar-refractivity contribution in [2.75, 3.05) is 42.3 Å². The number of likely N-dealkylation sites (N-methyl/N-ethyl adjacent to an activating group) is 1. The number of hydrogen-bond acceptors (Lipinski definition) is 6. The zero-order chi connectivity index (χ0) is 27.0. The number of nitrogens with one attached hydrogen (secondary N) is 2. The van der Waals surface area contributed by atoms with Gasteiger partial charge in [-0.1, -0.05) is 18.2 Å². The predicted molar refractivity (Wildman–Crippen MR) is 158 cm³/mol. The molecule has 1 saturated carbocycles. The van der Waals surface area contributed by atoms with Crippen LogP contribution in [0, 0.1) is 0 Å². The van der Waals surface area contributed by atoms with E-state index in [4.69, 9.17) is 9.47 Å². The van der Waals surface area contributed by atoms with Gasteiger partial charge in [-0.2, -0.15) is 0 Å². The van der Waals surface area contributed by atoms with Crippen LogP contribution in [-0.4, -0.2) is 60.8 Å². The molecule has 2 heterocycles. The number of aromatic nitrogens is 1. The van der Waals surface area contributed by atoms with Crippen molar-refractivity contribution < 1.29 is 15.7 Å². The van der Waals surface area contributed by atoms with Crippen LogP contribution in [-0.2, 0) is 0 Å². The van der Waals surface area contributed by atoms with Gasteiger partial charge in [-0.05, 0) is 88.5 Å². The number of benzene rings is 2. The molecule has 0 bridgehead atoms. The van der Waals surface area contributed by atoms with Crippen LogP contribution in [0.25, 0.3) is 0 Å². The van der Waals surface area contributed by atoms with Crippen LogP contribution in [0.5, 0.6) is 11.6 Å². The van der Waals surface area contributed by atoms with Gasteiger partial charge in [-0.15, -0.1) is 0 Å². The summed E-state index contributed by atoms with van der Waals surface area (Å²) in [6.45, 7) is 4.84. The Balaban J connectivity index is 0.00000370. The fraction of sp³-hybridized carbons (Fsp3) is 0.419. The van der Waals surface area contributed by atoms with Gasteiger partial charge >= 0.3 is 6.03 Å². The van der Waals surface area contributed by atoms with Gasteiger partial charge in [0.05, 0.1) is 11.9 Å². The first kappa shape index (κ1) is 26.8. The van der Waals surface area contributed by atoms with E-state index in [1.54, 1.807) is 12.3 Å². The van der Waals surface area contributed by atoms with Crippen molar-refractivity contribution in [1.82, 2.24) is 9.88 Å². The Morgan fingerprint density at radius 3 is 2.46 bits per heavy atom. The number of ether oxygens (including phenoxy) is 2. The number of amides is 2. The Morgan fingerprint density at radius 2 is 1.74 bits per heavy atom. The molecule has 1 aliphatic carbocycles. The van der Waals surface area contributed by atoms with Gasteiger partial charge in [0.25, 0.3) is 0 Å². The zero-order valence-corrected chi connectivity index (χ0v) is 22.9. The average molecular weight is 532 g/mol. The molecule has 8 heteroatoms. The Bertz CT molecular complexity index is 1190. The molecule has 0 radical (unpaired) electrons. The number of urea groups is 1. The number of hydrogen-bond donors (Lipinski definition) is 2. The number of rotatable bonds is 10. The van der Waals surface area contributed by atoms with Crippen LogP contribution in [0.15, 0.2) is 72.9 Å². The monoisotopic (exact) mass is 531 g/mol. The van der Waals surface area contributed by atoms with E-state index < -0.39 is 0 Å². The number of carbonyl (C=O) groups excluding carboxylic acids is 1. The van der Waals surface area contributed by atoms with Crippen molar-refractivity contribution in [3.63, 3.8) is 0 Å². The van der Waals surface area contributed by atoms with Crippen LogP contribution in [0.3, 0.4) is 0 Å². The maximum absolute atomic E-state index is 12.5. The van der Waals surface area contributed by atoms with Gasteiger partial charge < -0.3 is 25.0 Å². The van der Waals surface area contributed by atoms with Crippen molar-refractivity contribution >= 4 is 23.1 Å². The molecule has 3 aromatic rings. The second kappa shape index (κ2) is 12.8. The van der Waals surface area contributed by atoms with Gasteiger partial charge in [0.1, 0.15) is 18.5 Å². The minimum Gasteiger partial charge on any atom is -0.492 e. The maximum Gasteiger partial charge on any atom is 0.323 e. The van der Waals surface area contributed by atoms with E-state index in [0.29, 0.717) is 30.3 Å². The molecule has 1 aliphatic heterocycles. The standard InChI is InChI=1S/C31H39N5O3.H2/c1-23(22-38-28-8-4-3-5-9-28)35(2)27-18-19-36(21-27)26-15-12-24(13-16-26)33-31(37)34-25-14-17-30(32-20-25)39-29-10-6-7-11-29;/h3-5,8-9,12-17,20,23,27,29H,6-7,10-11,18-19,21-22H2,1-2H3,(H2,33,34,37);1H. The van der Waals surface area contributed by atoms with Gasteiger partial charge in [0.15, 0.2) is 0 Å². The molecule has 5 rings (SSSR count). The predicted octanol–water partition coefficient (Wildman–Crippen LogP) is 6.27. The Kier molecular flexibility index (Phi) is 8.83. The third kappa shape index (κ3) is 7.41. The Labute approximate surface area is 232 Å². The maximum atomic E-state index is 12.5. The third-order valence-electron chi connectivity index (χ3n) is 7.74. The summed E-state index contributed by atoms with van der Waals surface area (Å²) in [5, 5.41) is 5.74. The minimum atomic E-state index is -0.302. The molecule has 0 spiro atoms. The van der Waals surface area contributed by atoms with Gasteiger partial charge in [0, 0.05) is 44.0 Å². The molecule has 1 aromatic heterocycles. The first-order valence-electron chi connectivity index (χ1n) is 14.0. The Morgan fingerprint density at radius 1 is 1.03 bits per heavy atom. The highest BCUT2D eigenvalue weighted by molar-refractivity contribution is 5.99. The number of pyridine rings is 1. The molecule has 2 N–H and O–H groups in total. The SMILES string of the molecule is CC(COc1ccccc1)N(C)C1CCN(c2ccc(NC(=O)Nc3ccc(OC4CCCC4)nc3)cc2)C1.[HH]. The van der Waals surface area contributed by atoms with Crippen molar-refractivity contribution in [3.05, 3.63) is 72.9 Å². The molecule has 2 atom stereocenters. The topological polar surface area (TPSA) is 79.0 Å². The molecule has 2 fully saturated rings. The highest BCUT2D eigenvalue weighted by Crippen LogP contribution is 2.26. The van der Waals surface area contributed by atoms with E-state index in [2.05, 4.69) is 51.5 Å². The fourth-order valence-corrected chi connectivity index (χ4v) is 5.27. The second-order valence-electron chi connectivity index (χ2n) is 10.6. The summed E-state index contributed by atoms with van der Waals surface area (Å²) >= 11 is 0. The van der Waals surface area contributed by atoms with E-state index in [9.17, 15) is 4.79 Å². The van der Waals surface area contributed by atoms with Crippen LogP contribution in [0.1, 0.15) is 40.5 Å². The lowest BCUT2D eigenvalue weighted by Crippen LogP contribution is -2.43. The van der Waals surface area contributed by atoms with Crippen molar-refractivity contribution in [2.45, 2.75) is 57.2 Å². The molecule has 2 amide bonds. The van der Waals surface area contributed by atoms with Crippen LogP contribution >= 0.6 is 0 Å². The number of nitrogens with zero attached hydrogens (tertiary/aromatic N) is 3. The fourth-order valence-electron chi connectivity index (χ4n) is 5.27. The lowest BCUT2D eigenvalue weighted by Gasteiger charge is -2.30. The second-order valence-corrected chi connectivity index (χ2v) is 10.6. The highest BCUT2D eigenvalue weighted by atomic mass is 16.5. The lowest BCUT2D eigenvalue weighted by molar-refractivity contribution is 0.138. The van der Waals surface area contributed by atoms with Crippen molar-refractivity contribution in [2.24, 2.45) is 0 Å². The Hall–Kier alpha value is -3.78. The van der Waals surface area contributed by atoms with Crippen molar-refractivity contribution in [3.8, 4) is 11.6 Å². The molecule has 2 aliphatic rings.